The van der Waals surface area contributed by atoms with Crippen LogP contribution in [0.1, 0.15) is 28.4 Å². The van der Waals surface area contributed by atoms with Gasteiger partial charge in [-0.3, -0.25) is 9.78 Å². The number of amides is 1. The zero-order valence-corrected chi connectivity index (χ0v) is 12.2. The Kier molecular flexibility index (Phi) is 3.94. The van der Waals surface area contributed by atoms with Gasteiger partial charge in [0.05, 0.1) is 6.04 Å². The summed E-state index contributed by atoms with van der Waals surface area (Å²) >= 11 is 7.87. The Bertz CT molecular complexity index is 633. The summed E-state index contributed by atoms with van der Waals surface area (Å²) < 4.78 is 0. The van der Waals surface area contributed by atoms with E-state index in [2.05, 4.69) is 10.3 Å². The predicted molar refractivity (Wildman–Crippen MR) is 81.2 cm³/mol. The highest BCUT2D eigenvalue weighted by molar-refractivity contribution is 7.99. The van der Waals surface area contributed by atoms with Crippen LogP contribution in [-0.4, -0.2) is 16.6 Å². The van der Waals surface area contributed by atoms with Gasteiger partial charge in [-0.25, -0.2) is 0 Å². The number of halogens is 1. The topological polar surface area (TPSA) is 42.0 Å². The molecule has 0 fully saturated rings. The van der Waals surface area contributed by atoms with Crippen molar-refractivity contribution in [2.75, 3.05) is 5.75 Å². The SMILES string of the molecule is O=C(NC1CCSc2ccc(Cl)cc21)c1ccncc1. The van der Waals surface area contributed by atoms with Crippen LogP contribution in [0.3, 0.4) is 0 Å². The van der Waals surface area contributed by atoms with Crippen molar-refractivity contribution in [1.29, 1.82) is 0 Å². The minimum Gasteiger partial charge on any atom is -0.345 e. The lowest BCUT2D eigenvalue weighted by atomic mass is 10.0. The van der Waals surface area contributed by atoms with Crippen molar-refractivity contribution >= 4 is 29.3 Å². The fraction of sp³-hybridized carbons (Fsp3) is 0.200. The molecule has 5 heteroatoms. The van der Waals surface area contributed by atoms with Gasteiger partial charge in [0.1, 0.15) is 0 Å². The Labute approximate surface area is 126 Å². The van der Waals surface area contributed by atoms with E-state index in [1.165, 1.54) is 4.90 Å². The fourth-order valence-corrected chi connectivity index (χ4v) is 3.55. The lowest BCUT2D eigenvalue weighted by Crippen LogP contribution is -2.30. The van der Waals surface area contributed by atoms with Crippen LogP contribution in [0.2, 0.25) is 5.02 Å². The summed E-state index contributed by atoms with van der Waals surface area (Å²) in [4.78, 5) is 17.3. The van der Waals surface area contributed by atoms with Gasteiger partial charge < -0.3 is 5.32 Å². The molecule has 0 saturated heterocycles. The van der Waals surface area contributed by atoms with Crippen molar-refractivity contribution in [2.24, 2.45) is 0 Å². The van der Waals surface area contributed by atoms with E-state index in [4.69, 9.17) is 11.6 Å². The number of nitrogens with one attached hydrogen (secondary N) is 1. The van der Waals surface area contributed by atoms with Crippen LogP contribution in [0.5, 0.6) is 0 Å². The lowest BCUT2D eigenvalue weighted by molar-refractivity contribution is 0.0935. The summed E-state index contributed by atoms with van der Waals surface area (Å²) in [6.07, 6.45) is 4.15. The quantitative estimate of drug-likeness (QED) is 0.920. The summed E-state index contributed by atoms with van der Waals surface area (Å²) in [5.74, 6) is 0.922. The Balaban J connectivity index is 1.83. The molecule has 2 heterocycles. The molecule has 1 amide bonds. The van der Waals surface area contributed by atoms with E-state index in [1.54, 1.807) is 36.3 Å². The number of aromatic nitrogens is 1. The molecule has 1 aliphatic heterocycles. The zero-order valence-electron chi connectivity index (χ0n) is 10.7. The van der Waals surface area contributed by atoms with Gasteiger partial charge in [-0.2, -0.15) is 0 Å². The summed E-state index contributed by atoms with van der Waals surface area (Å²) in [7, 11) is 0. The van der Waals surface area contributed by atoms with Crippen molar-refractivity contribution < 1.29 is 4.79 Å². The summed E-state index contributed by atoms with van der Waals surface area (Å²) in [5.41, 5.74) is 1.73. The minimum absolute atomic E-state index is 0.0191. The smallest absolute Gasteiger partial charge is 0.251 e. The predicted octanol–water partition coefficient (Wildman–Crippen LogP) is 3.70. The number of hydrogen-bond donors (Lipinski definition) is 1. The van der Waals surface area contributed by atoms with E-state index < -0.39 is 0 Å². The second-order valence-electron chi connectivity index (χ2n) is 4.58. The first kappa shape index (κ1) is 13.5. The maximum atomic E-state index is 12.2. The van der Waals surface area contributed by atoms with E-state index in [1.807, 2.05) is 18.2 Å². The van der Waals surface area contributed by atoms with Crippen LogP contribution in [0.4, 0.5) is 0 Å². The van der Waals surface area contributed by atoms with Crippen LogP contribution >= 0.6 is 23.4 Å². The van der Waals surface area contributed by atoms with Crippen LogP contribution in [0, 0.1) is 0 Å². The summed E-state index contributed by atoms with van der Waals surface area (Å²) in [5, 5.41) is 3.78. The van der Waals surface area contributed by atoms with Crippen molar-refractivity contribution in [3.63, 3.8) is 0 Å². The third-order valence-corrected chi connectivity index (χ3v) is 4.62. The number of nitrogens with zero attached hydrogens (tertiary/aromatic N) is 1. The molecule has 1 aromatic carbocycles. The number of fused-ring (bicyclic) bond motifs is 1. The van der Waals surface area contributed by atoms with E-state index in [-0.39, 0.29) is 11.9 Å². The fourth-order valence-electron chi connectivity index (χ4n) is 2.26. The van der Waals surface area contributed by atoms with Gasteiger partial charge in [0.2, 0.25) is 0 Å². The monoisotopic (exact) mass is 304 g/mol. The molecule has 0 saturated carbocycles. The van der Waals surface area contributed by atoms with E-state index in [9.17, 15) is 4.79 Å². The first-order valence-electron chi connectivity index (χ1n) is 6.37. The number of carbonyl (C=O) groups is 1. The van der Waals surface area contributed by atoms with E-state index >= 15 is 0 Å². The molecule has 0 bridgehead atoms. The standard InChI is InChI=1S/C15H13ClN2OS/c16-11-1-2-14-12(9-11)13(5-8-20-14)18-15(19)10-3-6-17-7-4-10/h1-4,6-7,9,13H,5,8H2,(H,18,19). The van der Waals surface area contributed by atoms with Gasteiger partial charge in [-0.15, -0.1) is 11.8 Å². The van der Waals surface area contributed by atoms with Gasteiger partial charge >= 0.3 is 0 Å². The second kappa shape index (κ2) is 5.85. The highest BCUT2D eigenvalue weighted by Crippen LogP contribution is 2.37. The summed E-state index contributed by atoms with van der Waals surface area (Å²) in [6.45, 7) is 0. The normalized spacial score (nSPS) is 17.4. The van der Waals surface area contributed by atoms with Crippen molar-refractivity contribution in [3.05, 3.63) is 58.9 Å². The number of rotatable bonds is 2. The zero-order chi connectivity index (χ0) is 13.9. The molecule has 0 spiro atoms. The summed E-state index contributed by atoms with van der Waals surface area (Å²) in [6, 6.07) is 9.30. The number of pyridine rings is 1. The third kappa shape index (κ3) is 2.81. The molecular formula is C15H13ClN2OS. The Morgan fingerprint density at radius 2 is 2.10 bits per heavy atom. The maximum absolute atomic E-state index is 12.2. The molecule has 0 radical (unpaired) electrons. The van der Waals surface area contributed by atoms with E-state index in [0.29, 0.717) is 10.6 Å². The molecule has 0 aliphatic carbocycles. The maximum Gasteiger partial charge on any atom is 0.251 e. The van der Waals surface area contributed by atoms with Gasteiger partial charge in [0.25, 0.3) is 5.91 Å². The van der Waals surface area contributed by atoms with Crippen molar-refractivity contribution in [3.8, 4) is 0 Å². The molecule has 2 aromatic rings. The highest BCUT2D eigenvalue weighted by atomic mass is 35.5. The lowest BCUT2D eigenvalue weighted by Gasteiger charge is -2.26. The highest BCUT2D eigenvalue weighted by Gasteiger charge is 2.23. The molecule has 1 atom stereocenters. The van der Waals surface area contributed by atoms with Gasteiger partial charge in [0.15, 0.2) is 0 Å². The van der Waals surface area contributed by atoms with Crippen LogP contribution in [0.25, 0.3) is 0 Å². The minimum atomic E-state index is -0.0739. The molecule has 1 aliphatic rings. The molecule has 1 N–H and O–H groups in total. The number of benzene rings is 1. The van der Waals surface area contributed by atoms with Gasteiger partial charge in [-0.05, 0) is 42.3 Å². The van der Waals surface area contributed by atoms with Crippen LogP contribution in [-0.2, 0) is 0 Å². The molecule has 1 unspecified atom stereocenters. The number of hydrogen-bond acceptors (Lipinski definition) is 3. The van der Waals surface area contributed by atoms with Crippen LogP contribution in [0.15, 0.2) is 47.6 Å². The van der Waals surface area contributed by atoms with E-state index in [0.717, 1.165) is 17.7 Å². The van der Waals surface area contributed by atoms with Crippen molar-refractivity contribution in [1.82, 2.24) is 10.3 Å². The molecular weight excluding hydrogens is 292 g/mol. The molecule has 102 valence electrons. The first-order chi connectivity index (χ1) is 9.74. The number of carbonyl (C=O) groups excluding carboxylic acids is 1. The Morgan fingerprint density at radius 3 is 2.90 bits per heavy atom. The Hall–Kier alpha value is -1.52. The first-order valence-corrected chi connectivity index (χ1v) is 7.73. The van der Waals surface area contributed by atoms with Crippen LogP contribution < -0.4 is 5.32 Å². The Morgan fingerprint density at radius 1 is 1.30 bits per heavy atom. The molecule has 1 aromatic heterocycles. The third-order valence-electron chi connectivity index (χ3n) is 3.26. The molecule has 3 nitrogen and oxygen atoms in total. The second-order valence-corrected chi connectivity index (χ2v) is 6.15. The van der Waals surface area contributed by atoms with Gasteiger partial charge in [0, 0.05) is 33.6 Å². The van der Waals surface area contributed by atoms with Gasteiger partial charge in [-0.1, -0.05) is 11.6 Å². The average Bonchev–Trinajstić information content (AvgIpc) is 2.49. The largest absolute Gasteiger partial charge is 0.345 e. The molecule has 3 rings (SSSR count). The van der Waals surface area contributed by atoms with Crippen molar-refractivity contribution in [2.45, 2.75) is 17.4 Å². The molecule has 20 heavy (non-hydrogen) atoms. The average molecular weight is 305 g/mol. The number of thioether (sulfide) groups is 1.